The fourth-order valence-electron chi connectivity index (χ4n) is 3.70. The summed E-state index contributed by atoms with van der Waals surface area (Å²) >= 11 is 0. The Kier molecular flexibility index (Phi) is 7.62. The molecule has 0 unspecified atom stereocenters. The first-order valence-electron chi connectivity index (χ1n) is 11.2. The molecule has 3 aromatic rings. The third-order valence-electron chi connectivity index (χ3n) is 5.57. The first kappa shape index (κ1) is 23.9. The Bertz CT molecular complexity index is 1240. The van der Waals surface area contributed by atoms with Gasteiger partial charge in [-0.25, -0.2) is 8.42 Å². The van der Waals surface area contributed by atoms with Crippen molar-refractivity contribution in [1.82, 2.24) is 9.62 Å². The van der Waals surface area contributed by atoms with Gasteiger partial charge in [-0.2, -0.15) is 4.31 Å². The monoisotopic (exact) mass is 480 g/mol. The van der Waals surface area contributed by atoms with Crippen molar-refractivity contribution >= 4 is 15.9 Å². The molecule has 3 aromatic carbocycles. The lowest BCUT2D eigenvalue weighted by Crippen LogP contribution is -2.40. The first-order valence-corrected chi connectivity index (χ1v) is 12.6. The third-order valence-corrected chi connectivity index (χ3v) is 7.48. The van der Waals surface area contributed by atoms with Gasteiger partial charge in [0, 0.05) is 25.2 Å². The van der Waals surface area contributed by atoms with Gasteiger partial charge >= 0.3 is 0 Å². The topological polar surface area (TPSA) is 84.9 Å². The van der Waals surface area contributed by atoms with Crippen molar-refractivity contribution in [3.8, 4) is 5.75 Å². The molecular weight excluding hydrogens is 452 g/mol. The SMILES string of the molecule is Cc1cccc(COc2cccc(C(=O)NCc3ccc(S(=O)(=O)N4CCOCC4)cc3)c2)c1. The van der Waals surface area contributed by atoms with E-state index in [1.54, 1.807) is 42.5 Å². The Balaban J connectivity index is 1.33. The second kappa shape index (κ2) is 10.8. The van der Waals surface area contributed by atoms with Crippen molar-refractivity contribution in [1.29, 1.82) is 0 Å². The minimum absolute atomic E-state index is 0.231. The number of ether oxygens (including phenoxy) is 2. The van der Waals surface area contributed by atoms with E-state index in [0.717, 1.165) is 11.1 Å². The van der Waals surface area contributed by atoms with Crippen molar-refractivity contribution in [2.24, 2.45) is 0 Å². The number of morpholine rings is 1. The molecule has 0 spiro atoms. The smallest absolute Gasteiger partial charge is 0.251 e. The number of rotatable bonds is 8. The highest BCUT2D eigenvalue weighted by molar-refractivity contribution is 7.89. The van der Waals surface area contributed by atoms with Crippen LogP contribution in [0.2, 0.25) is 0 Å². The molecule has 1 amide bonds. The summed E-state index contributed by atoms with van der Waals surface area (Å²) in [5, 5.41) is 2.87. The number of amides is 1. The number of hydrogen-bond acceptors (Lipinski definition) is 5. The first-order chi connectivity index (χ1) is 16.4. The minimum atomic E-state index is -3.53. The Hall–Kier alpha value is -3.20. The average molecular weight is 481 g/mol. The van der Waals surface area contributed by atoms with Crippen LogP contribution >= 0.6 is 0 Å². The van der Waals surface area contributed by atoms with Crippen molar-refractivity contribution in [2.45, 2.75) is 25.0 Å². The van der Waals surface area contributed by atoms with Crippen LogP contribution in [0.4, 0.5) is 0 Å². The van der Waals surface area contributed by atoms with Gasteiger partial charge < -0.3 is 14.8 Å². The van der Waals surface area contributed by atoms with Gasteiger partial charge in [0.25, 0.3) is 5.91 Å². The highest BCUT2D eigenvalue weighted by atomic mass is 32.2. The van der Waals surface area contributed by atoms with Crippen LogP contribution in [0, 0.1) is 6.92 Å². The predicted octanol–water partition coefficient (Wildman–Crippen LogP) is 3.52. The molecule has 4 rings (SSSR count). The summed E-state index contributed by atoms with van der Waals surface area (Å²) in [5.41, 5.74) is 3.53. The van der Waals surface area contributed by atoms with E-state index in [1.807, 2.05) is 31.2 Å². The van der Waals surface area contributed by atoms with Gasteiger partial charge in [-0.1, -0.05) is 48.0 Å². The van der Waals surface area contributed by atoms with Crippen LogP contribution in [-0.4, -0.2) is 44.9 Å². The molecule has 7 nitrogen and oxygen atoms in total. The number of carbonyl (C=O) groups is 1. The van der Waals surface area contributed by atoms with Crippen molar-refractivity contribution in [3.05, 3.63) is 95.1 Å². The van der Waals surface area contributed by atoms with E-state index in [4.69, 9.17) is 9.47 Å². The Labute approximate surface area is 200 Å². The average Bonchev–Trinajstić information content (AvgIpc) is 2.87. The lowest BCUT2D eigenvalue weighted by molar-refractivity contribution is 0.0730. The Morgan fingerprint density at radius 3 is 2.44 bits per heavy atom. The maximum Gasteiger partial charge on any atom is 0.251 e. The lowest BCUT2D eigenvalue weighted by atomic mass is 10.1. The quantitative estimate of drug-likeness (QED) is 0.533. The van der Waals surface area contributed by atoms with Crippen LogP contribution in [0.15, 0.2) is 77.7 Å². The molecule has 0 atom stereocenters. The number of carbonyl (C=O) groups excluding carboxylic acids is 1. The second-order valence-corrected chi connectivity index (χ2v) is 10.1. The van der Waals surface area contributed by atoms with E-state index in [-0.39, 0.29) is 17.3 Å². The summed E-state index contributed by atoms with van der Waals surface area (Å²) in [7, 11) is -3.53. The number of nitrogens with one attached hydrogen (secondary N) is 1. The van der Waals surface area contributed by atoms with E-state index < -0.39 is 10.0 Å². The standard InChI is InChI=1S/C26H28N2O5S/c1-20-4-2-5-22(16-20)19-33-24-7-3-6-23(17-24)26(29)27-18-21-8-10-25(11-9-21)34(30,31)28-12-14-32-15-13-28/h2-11,16-17H,12-15,18-19H2,1H3,(H,27,29). The fraction of sp³-hybridized carbons (Fsp3) is 0.269. The largest absolute Gasteiger partial charge is 0.489 e. The second-order valence-electron chi connectivity index (χ2n) is 8.15. The van der Waals surface area contributed by atoms with Crippen LogP contribution in [0.3, 0.4) is 0 Å². The molecular formula is C26H28N2O5S. The molecule has 0 aliphatic carbocycles. The summed E-state index contributed by atoms with van der Waals surface area (Å²) in [6.45, 7) is 4.26. The zero-order chi connectivity index (χ0) is 24.0. The summed E-state index contributed by atoms with van der Waals surface area (Å²) in [6, 6.07) is 21.7. The number of hydrogen-bond donors (Lipinski definition) is 1. The van der Waals surface area contributed by atoms with Crippen molar-refractivity contribution in [3.63, 3.8) is 0 Å². The molecule has 1 N–H and O–H groups in total. The van der Waals surface area contributed by atoms with Crippen LogP contribution < -0.4 is 10.1 Å². The molecule has 0 aromatic heterocycles. The maximum absolute atomic E-state index is 12.7. The van der Waals surface area contributed by atoms with E-state index in [9.17, 15) is 13.2 Å². The maximum atomic E-state index is 12.7. The number of nitrogens with zero attached hydrogens (tertiary/aromatic N) is 1. The van der Waals surface area contributed by atoms with Crippen LogP contribution in [0.25, 0.3) is 0 Å². The van der Waals surface area contributed by atoms with Gasteiger partial charge in [0.15, 0.2) is 0 Å². The summed E-state index contributed by atoms with van der Waals surface area (Å²) in [6.07, 6.45) is 0. The molecule has 1 saturated heterocycles. The molecule has 1 heterocycles. The van der Waals surface area contributed by atoms with E-state index in [1.165, 1.54) is 9.87 Å². The van der Waals surface area contributed by atoms with Crippen molar-refractivity contribution < 1.29 is 22.7 Å². The number of aryl methyl sites for hydroxylation is 1. The number of sulfonamides is 1. The zero-order valence-corrected chi connectivity index (χ0v) is 19.9. The van der Waals surface area contributed by atoms with E-state index in [2.05, 4.69) is 11.4 Å². The molecule has 178 valence electrons. The van der Waals surface area contributed by atoms with Gasteiger partial charge in [0.1, 0.15) is 12.4 Å². The molecule has 1 fully saturated rings. The highest BCUT2D eigenvalue weighted by Crippen LogP contribution is 2.19. The molecule has 0 saturated carbocycles. The number of benzene rings is 3. The molecule has 0 radical (unpaired) electrons. The van der Waals surface area contributed by atoms with Crippen molar-refractivity contribution in [2.75, 3.05) is 26.3 Å². The molecule has 34 heavy (non-hydrogen) atoms. The summed E-state index contributed by atoms with van der Waals surface area (Å²) < 4.78 is 38.0. The Morgan fingerprint density at radius 1 is 0.971 bits per heavy atom. The van der Waals surface area contributed by atoms with Gasteiger partial charge in [-0.05, 0) is 48.4 Å². The van der Waals surface area contributed by atoms with Crippen LogP contribution in [-0.2, 0) is 27.9 Å². The van der Waals surface area contributed by atoms with Gasteiger partial charge in [-0.3, -0.25) is 4.79 Å². The summed E-state index contributed by atoms with van der Waals surface area (Å²) in [4.78, 5) is 12.9. The minimum Gasteiger partial charge on any atom is -0.489 e. The van der Waals surface area contributed by atoms with Crippen LogP contribution in [0.5, 0.6) is 5.75 Å². The molecule has 0 bridgehead atoms. The van der Waals surface area contributed by atoms with Gasteiger partial charge in [0.05, 0.1) is 18.1 Å². The van der Waals surface area contributed by atoms with Gasteiger partial charge in [0.2, 0.25) is 10.0 Å². The van der Waals surface area contributed by atoms with Gasteiger partial charge in [-0.15, -0.1) is 0 Å². The normalized spacial score (nSPS) is 14.5. The molecule has 1 aliphatic heterocycles. The highest BCUT2D eigenvalue weighted by Gasteiger charge is 2.26. The lowest BCUT2D eigenvalue weighted by Gasteiger charge is -2.26. The third kappa shape index (κ3) is 6.02. The van der Waals surface area contributed by atoms with E-state index in [0.29, 0.717) is 44.2 Å². The Morgan fingerprint density at radius 2 is 1.71 bits per heavy atom. The van der Waals surface area contributed by atoms with E-state index >= 15 is 0 Å². The zero-order valence-electron chi connectivity index (χ0n) is 19.1. The summed E-state index contributed by atoms with van der Waals surface area (Å²) in [5.74, 6) is 0.387. The fourth-order valence-corrected chi connectivity index (χ4v) is 5.10. The van der Waals surface area contributed by atoms with Crippen LogP contribution in [0.1, 0.15) is 27.0 Å². The molecule has 8 heteroatoms. The molecule has 1 aliphatic rings. The predicted molar refractivity (Wildman–Crippen MR) is 129 cm³/mol.